The molecule has 1 heteroatoms. The Morgan fingerprint density at radius 1 is 1.08 bits per heavy atom. The molecule has 1 heterocycles. The zero-order valence-electron chi connectivity index (χ0n) is 8.97. The van der Waals surface area contributed by atoms with Crippen molar-refractivity contribution in [3.8, 4) is 0 Å². The standard InChI is InChI=1S/C12H23N/c1-2-6-11-7-5-8-12(11)13-9-3-4-10-13/h11-12H,2-10H2,1H3/t11-,12?/m0/s1. The van der Waals surface area contributed by atoms with Crippen LogP contribution in [0.3, 0.4) is 0 Å². The second-order valence-corrected chi connectivity index (χ2v) is 4.79. The van der Waals surface area contributed by atoms with Crippen molar-refractivity contribution in [3.05, 3.63) is 0 Å². The Balaban J connectivity index is 1.88. The van der Waals surface area contributed by atoms with E-state index in [9.17, 15) is 0 Å². The minimum atomic E-state index is 0.974. The third-order valence-corrected chi connectivity index (χ3v) is 3.89. The summed E-state index contributed by atoms with van der Waals surface area (Å²) in [7, 11) is 0. The van der Waals surface area contributed by atoms with Crippen LogP contribution < -0.4 is 0 Å². The van der Waals surface area contributed by atoms with Gasteiger partial charge in [0.2, 0.25) is 0 Å². The highest BCUT2D eigenvalue weighted by atomic mass is 15.2. The van der Waals surface area contributed by atoms with Gasteiger partial charge in [-0.15, -0.1) is 0 Å². The average molecular weight is 181 g/mol. The molecule has 0 aromatic rings. The molecule has 0 radical (unpaired) electrons. The first-order chi connectivity index (χ1) is 6.42. The third kappa shape index (κ3) is 2.07. The maximum absolute atomic E-state index is 2.77. The van der Waals surface area contributed by atoms with Gasteiger partial charge in [-0.1, -0.05) is 19.8 Å². The van der Waals surface area contributed by atoms with Gasteiger partial charge in [-0.2, -0.15) is 0 Å². The van der Waals surface area contributed by atoms with Gasteiger partial charge in [-0.25, -0.2) is 0 Å². The van der Waals surface area contributed by atoms with Gasteiger partial charge >= 0.3 is 0 Å². The van der Waals surface area contributed by atoms with Crippen LogP contribution in [0.4, 0.5) is 0 Å². The lowest BCUT2D eigenvalue weighted by atomic mass is 9.97. The van der Waals surface area contributed by atoms with Gasteiger partial charge in [0.25, 0.3) is 0 Å². The van der Waals surface area contributed by atoms with E-state index in [0.29, 0.717) is 0 Å². The fourth-order valence-corrected chi connectivity index (χ4v) is 3.28. The van der Waals surface area contributed by atoms with Crippen LogP contribution in [0.15, 0.2) is 0 Å². The second-order valence-electron chi connectivity index (χ2n) is 4.79. The molecule has 1 aliphatic carbocycles. The molecule has 2 aliphatic rings. The number of hydrogen-bond acceptors (Lipinski definition) is 1. The molecule has 2 atom stereocenters. The Labute approximate surface area is 82.5 Å². The van der Waals surface area contributed by atoms with Gasteiger partial charge in [0.1, 0.15) is 0 Å². The van der Waals surface area contributed by atoms with Crippen molar-refractivity contribution in [2.24, 2.45) is 5.92 Å². The molecule has 1 unspecified atom stereocenters. The summed E-state index contributed by atoms with van der Waals surface area (Å²) in [6.45, 7) is 5.12. The SMILES string of the molecule is CCC[C@H]1CCCC1N1CCCC1. The smallest absolute Gasteiger partial charge is 0.0123 e. The maximum Gasteiger partial charge on any atom is 0.0123 e. The molecule has 0 N–H and O–H groups in total. The van der Waals surface area contributed by atoms with Crippen LogP contribution >= 0.6 is 0 Å². The van der Waals surface area contributed by atoms with Crippen molar-refractivity contribution < 1.29 is 0 Å². The zero-order valence-corrected chi connectivity index (χ0v) is 8.97. The van der Waals surface area contributed by atoms with Crippen LogP contribution in [0.25, 0.3) is 0 Å². The molecule has 2 fully saturated rings. The molecule has 1 aliphatic heterocycles. The normalized spacial score (nSPS) is 35.8. The van der Waals surface area contributed by atoms with E-state index in [1.807, 2.05) is 0 Å². The van der Waals surface area contributed by atoms with Crippen molar-refractivity contribution >= 4 is 0 Å². The van der Waals surface area contributed by atoms with Crippen molar-refractivity contribution in [2.45, 2.75) is 57.9 Å². The molecule has 0 spiro atoms. The number of nitrogens with zero attached hydrogens (tertiary/aromatic N) is 1. The largest absolute Gasteiger partial charge is 0.300 e. The fourth-order valence-electron chi connectivity index (χ4n) is 3.28. The van der Waals surface area contributed by atoms with Gasteiger partial charge in [-0.3, -0.25) is 0 Å². The lowest BCUT2D eigenvalue weighted by Crippen LogP contribution is -2.35. The highest BCUT2D eigenvalue weighted by molar-refractivity contribution is 4.87. The maximum atomic E-state index is 2.77. The van der Waals surface area contributed by atoms with Crippen molar-refractivity contribution in [1.82, 2.24) is 4.90 Å². The Morgan fingerprint density at radius 3 is 2.54 bits per heavy atom. The minimum Gasteiger partial charge on any atom is -0.300 e. The summed E-state index contributed by atoms with van der Waals surface area (Å²) in [4.78, 5) is 2.77. The summed E-state index contributed by atoms with van der Waals surface area (Å²) >= 11 is 0. The second kappa shape index (κ2) is 4.45. The van der Waals surface area contributed by atoms with E-state index in [0.717, 1.165) is 12.0 Å². The predicted octanol–water partition coefficient (Wildman–Crippen LogP) is 3.05. The van der Waals surface area contributed by atoms with Crippen molar-refractivity contribution in [1.29, 1.82) is 0 Å². The molecule has 1 saturated carbocycles. The highest BCUT2D eigenvalue weighted by Gasteiger charge is 2.32. The lowest BCUT2D eigenvalue weighted by Gasteiger charge is -2.28. The molecular weight excluding hydrogens is 158 g/mol. The van der Waals surface area contributed by atoms with Crippen LogP contribution in [-0.4, -0.2) is 24.0 Å². The summed E-state index contributed by atoms with van der Waals surface area (Å²) in [5.74, 6) is 1.04. The third-order valence-electron chi connectivity index (χ3n) is 3.89. The zero-order chi connectivity index (χ0) is 9.10. The summed E-state index contributed by atoms with van der Waals surface area (Å²) in [6, 6.07) is 0.974. The van der Waals surface area contributed by atoms with Gasteiger partial charge in [0, 0.05) is 6.04 Å². The Morgan fingerprint density at radius 2 is 1.85 bits per heavy atom. The van der Waals surface area contributed by atoms with Crippen molar-refractivity contribution in [3.63, 3.8) is 0 Å². The number of hydrogen-bond donors (Lipinski definition) is 0. The van der Waals surface area contributed by atoms with E-state index < -0.39 is 0 Å². The van der Waals surface area contributed by atoms with E-state index in [1.54, 1.807) is 0 Å². The summed E-state index contributed by atoms with van der Waals surface area (Å²) in [5, 5.41) is 0. The first-order valence-electron chi connectivity index (χ1n) is 6.16. The van der Waals surface area contributed by atoms with Crippen LogP contribution in [0.1, 0.15) is 51.9 Å². The molecule has 0 amide bonds. The lowest BCUT2D eigenvalue weighted by molar-refractivity contribution is 0.190. The number of likely N-dealkylation sites (tertiary alicyclic amines) is 1. The van der Waals surface area contributed by atoms with Crippen LogP contribution in [0, 0.1) is 5.92 Å². The van der Waals surface area contributed by atoms with E-state index in [2.05, 4.69) is 11.8 Å². The molecule has 0 aromatic heterocycles. The summed E-state index contributed by atoms with van der Waals surface area (Å²) < 4.78 is 0. The van der Waals surface area contributed by atoms with Crippen LogP contribution in [-0.2, 0) is 0 Å². The Bertz CT molecular complexity index is 149. The first kappa shape index (κ1) is 9.51. The molecule has 1 nitrogen and oxygen atoms in total. The van der Waals surface area contributed by atoms with Gasteiger partial charge < -0.3 is 4.90 Å². The quantitative estimate of drug-likeness (QED) is 0.647. The van der Waals surface area contributed by atoms with E-state index in [1.165, 1.54) is 58.0 Å². The molecule has 13 heavy (non-hydrogen) atoms. The topological polar surface area (TPSA) is 3.24 Å². The monoisotopic (exact) mass is 181 g/mol. The molecule has 1 saturated heterocycles. The van der Waals surface area contributed by atoms with E-state index >= 15 is 0 Å². The molecule has 2 rings (SSSR count). The summed E-state index contributed by atoms with van der Waals surface area (Å²) in [5.41, 5.74) is 0. The summed E-state index contributed by atoms with van der Waals surface area (Å²) in [6.07, 6.45) is 10.3. The molecule has 0 aromatic carbocycles. The predicted molar refractivity (Wildman–Crippen MR) is 56.8 cm³/mol. The average Bonchev–Trinajstić information content (AvgIpc) is 2.71. The van der Waals surface area contributed by atoms with Gasteiger partial charge in [0.15, 0.2) is 0 Å². The first-order valence-corrected chi connectivity index (χ1v) is 6.16. The Kier molecular flexibility index (Phi) is 3.26. The fraction of sp³-hybridized carbons (Fsp3) is 1.00. The van der Waals surface area contributed by atoms with Crippen LogP contribution in [0.2, 0.25) is 0 Å². The minimum absolute atomic E-state index is 0.974. The van der Waals surface area contributed by atoms with Gasteiger partial charge in [0.05, 0.1) is 0 Å². The van der Waals surface area contributed by atoms with E-state index in [-0.39, 0.29) is 0 Å². The van der Waals surface area contributed by atoms with Crippen LogP contribution in [0.5, 0.6) is 0 Å². The highest BCUT2D eigenvalue weighted by Crippen LogP contribution is 2.34. The molecular formula is C12H23N. The van der Waals surface area contributed by atoms with E-state index in [4.69, 9.17) is 0 Å². The Hall–Kier alpha value is -0.0400. The number of rotatable bonds is 3. The molecule has 0 bridgehead atoms. The van der Waals surface area contributed by atoms with Gasteiger partial charge in [-0.05, 0) is 51.1 Å². The van der Waals surface area contributed by atoms with Crippen molar-refractivity contribution in [2.75, 3.05) is 13.1 Å². The molecule has 76 valence electrons.